The molecular formula is C20H24FN5O3. The number of fused-ring (bicyclic) bond motifs is 1. The lowest BCUT2D eigenvalue weighted by molar-refractivity contribution is 0.0368. The number of carbonyl (C=O) groups excluding carboxylic acids is 1. The van der Waals surface area contributed by atoms with E-state index in [0.717, 1.165) is 45.3 Å². The third kappa shape index (κ3) is 3.12. The molecule has 5 rings (SSSR count). The number of hydrogen-bond donors (Lipinski definition) is 0. The van der Waals surface area contributed by atoms with Gasteiger partial charge in [-0.1, -0.05) is 5.16 Å². The van der Waals surface area contributed by atoms with Gasteiger partial charge in [0.15, 0.2) is 11.6 Å². The molecule has 154 valence electrons. The fraction of sp³-hybridized carbons (Fsp3) is 0.600. The summed E-state index contributed by atoms with van der Waals surface area (Å²) in [7, 11) is 0. The van der Waals surface area contributed by atoms with Crippen LogP contribution in [0.4, 0.5) is 4.39 Å². The fourth-order valence-corrected chi connectivity index (χ4v) is 5.11. The number of ether oxygens (including phenoxy) is 1. The molecule has 0 spiro atoms. The zero-order chi connectivity index (χ0) is 20.0. The van der Waals surface area contributed by atoms with Crippen LogP contribution < -0.4 is 0 Å². The number of likely N-dealkylation sites (tertiary alicyclic amines) is 2. The SMILES string of the molecule is Cc1noc([C@]23CN(C(=O)c4ccncc4F)C[C@H]2CN(C2CCOCC2)C3)n1. The topological polar surface area (TPSA) is 84.6 Å². The van der Waals surface area contributed by atoms with Gasteiger partial charge in [-0.3, -0.25) is 14.7 Å². The van der Waals surface area contributed by atoms with Gasteiger partial charge in [0.25, 0.3) is 5.91 Å². The Morgan fingerprint density at radius 3 is 2.83 bits per heavy atom. The zero-order valence-corrected chi connectivity index (χ0v) is 16.4. The lowest BCUT2D eigenvalue weighted by Crippen LogP contribution is -2.44. The number of nitrogens with zero attached hydrogens (tertiary/aromatic N) is 5. The van der Waals surface area contributed by atoms with Gasteiger partial charge in [0.2, 0.25) is 5.89 Å². The van der Waals surface area contributed by atoms with E-state index in [1.807, 2.05) is 0 Å². The molecule has 3 saturated heterocycles. The van der Waals surface area contributed by atoms with Crippen molar-refractivity contribution in [3.05, 3.63) is 41.6 Å². The molecule has 1 amide bonds. The van der Waals surface area contributed by atoms with Crippen molar-refractivity contribution in [1.82, 2.24) is 24.9 Å². The van der Waals surface area contributed by atoms with Crippen molar-refractivity contribution in [2.75, 3.05) is 39.4 Å². The molecule has 0 bridgehead atoms. The van der Waals surface area contributed by atoms with Gasteiger partial charge >= 0.3 is 0 Å². The highest BCUT2D eigenvalue weighted by atomic mass is 19.1. The van der Waals surface area contributed by atoms with Gasteiger partial charge in [0, 0.05) is 57.5 Å². The molecule has 8 nitrogen and oxygen atoms in total. The van der Waals surface area contributed by atoms with E-state index in [9.17, 15) is 9.18 Å². The first kappa shape index (κ1) is 18.6. The molecule has 5 heterocycles. The monoisotopic (exact) mass is 401 g/mol. The minimum absolute atomic E-state index is 0.0538. The van der Waals surface area contributed by atoms with E-state index in [1.54, 1.807) is 11.8 Å². The minimum Gasteiger partial charge on any atom is -0.381 e. The lowest BCUT2D eigenvalue weighted by atomic mass is 9.81. The Hall–Kier alpha value is -2.39. The van der Waals surface area contributed by atoms with Gasteiger partial charge in [-0.15, -0.1) is 0 Å². The average Bonchev–Trinajstić information content (AvgIpc) is 3.41. The molecule has 3 aliphatic heterocycles. The summed E-state index contributed by atoms with van der Waals surface area (Å²) in [6.45, 7) is 5.96. The fourth-order valence-electron chi connectivity index (χ4n) is 5.11. The highest BCUT2D eigenvalue weighted by molar-refractivity contribution is 5.94. The maximum atomic E-state index is 14.1. The van der Waals surface area contributed by atoms with Crippen LogP contribution in [0.2, 0.25) is 0 Å². The van der Waals surface area contributed by atoms with E-state index in [2.05, 4.69) is 20.0 Å². The zero-order valence-electron chi connectivity index (χ0n) is 16.4. The smallest absolute Gasteiger partial charge is 0.256 e. The molecular weight excluding hydrogens is 377 g/mol. The quantitative estimate of drug-likeness (QED) is 0.769. The van der Waals surface area contributed by atoms with E-state index in [-0.39, 0.29) is 17.4 Å². The van der Waals surface area contributed by atoms with E-state index in [4.69, 9.17) is 9.26 Å². The summed E-state index contributed by atoms with van der Waals surface area (Å²) in [6, 6.07) is 1.90. The number of halogens is 1. The lowest BCUT2D eigenvalue weighted by Gasteiger charge is -2.33. The maximum absolute atomic E-state index is 14.1. The second-order valence-electron chi connectivity index (χ2n) is 8.31. The molecule has 2 aromatic rings. The molecule has 0 saturated carbocycles. The molecule has 0 aromatic carbocycles. The summed E-state index contributed by atoms with van der Waals surface area (Å²) in [5.74, 6) is 0.426. The predicted octanol–water partition coefficient (Wildman–Crippen LogP) is 1.42. The third-order valence-electron chi connectivity index (χ3n) is 6.59. The molecule has 3 aliphatic rings. The van der Waals surface area contributed by atoms with Crippen LogP contribution in [0.25, 0.3) is 0 Å². The van der Waals surface area contributed by atoms with Crippen LogP contribution in [0.15, 0.2) is 23.0 Å². The number of amides is 1. The number of rotatable bonds is 3. The summed E-state index contributed by atoms with van der Waals surface area (Å²) in [6.07, 6.45) is 4.54. The Labute approximate surface area is 168 Å². The summed E-state index contributed by atoms with van der Waals surface area (Å²) >= 11 is 0. The highest BCUT2D eigenvalue weighted by Crippen LogP contribution is 2.46. The van der Waals surface area contributed by atoms with E-state index < -0.39 is 11.2 Å². The van der Waals surface area contributed by atoms with Gasteiger partial charge in [-0.05, 0) is 25.8 Å². The van der Waals surface area contributed by atoms with Crippen LogP contribution in [0.3, 0.4) is 0 Å². The van der Waals surface area contributed by atoms with Crippen molar-refractivity contribution in [3.63, 3.8) is 0 Å². The normalized spacial score (nSPS) is 28.1. The van der Waals surface area contributed by atoms with Crippen LogP contribution in [0, 0.1) is 18.7 Å². The molecule has 0 unspecified atom stereocenters. The van der Waals surface area contributed by atoms with Crippen molar-refractivity contribution in [2.24, 2.45) is 5.92 Å². The summed E-state index contributed by atoms with van der Waals surface area (Å²) < 4.78 is 25.3. The van der Waals surface area contributed by atoms with Gasteiger partial charge in [0.05, 0.1) is 17.2 Å². The van der Waals surface area contributed by atoms with Crippen molar-refractivity contribution in [1.29, 1.82) is 0 Å². The summed E-state index contributed by atoms with van der Waals surface area (Å²) in [5.41, 5.74) is -0.364. The van der Waals surface area contributed by atoms with Crippen molar-refractivity contribution in [2.45, 2.75) is 31.2 Å². The van der Waals surface area contributed by atoms with Gasteiger partial charge in [0.1, 0.15) is 0 Å². The van der Waals surface area contributed by atoms with Crippen LogP contribution in [0.5, 0.6) is 0 Å². The first-order chi connectivity index (χ1) is 14.1. The molecule has 2 aromatic heterocycles. The van der Waals surface area contributed by atoms with Gasteiger partial charge in [-0.25, -0.2) is 4.39 Å². The molecule has 0 N–H and O–H groups in total. The predicted molar refractivity (Wildman–Crippen MR) is 99.7 cm³/mol. The summed E-state index contributed by atoms with van der Waals surface area (Å²) in [5, 5.41) is 4.00. The van der Waals surface area contributed by atoms with E-state index >= 15 is 0 Å². The number of aromatic nitrogens is 3. The average molecular weight is 401 g/mol. The van der Waals surface area contributed by atoms with Crippen LogP contribution in [-0.4, -0.2) is 76.3 Å². The second kappa shape index (κ2) is 7.14. The Bertz CT molecular complexity index is 915. The third-order valence-corrected chi connectivity index (χ3v) is 6.59. The molecule has 9 heteroatoms. The molecule has 0 radical (unpaired) electrons. The van der Waals surface area contributed by atoms with E-state index in [1.165, 1.54) is 12.3 Å². The van der Waals surface area contributed by atoms with Crippen molar-refractivity contribution in [3.8, 4) is 0 Å². The van der Waals surface area contributed by atoms with Crippen molar-refractivity contribution < 1.29 is 18.4 Å². The first-order valence-corrected chi connectivity index (χ1v) is 10.1. The van der Waals surface area contributed by atoms with Crippen molar-refractivity contribution >= 4 is 5.91 Å². The molecule has 3 fully saturated rings. The van der Waals surface area contributed by atoms with Crippen LogP contribution in [0.1, 0.15) is 34.9 Å². The van der Waals surface area contributed by atoms with E-state index in [0.29, 0.717) is 30.8 Å². The Kier molecular flexibility index (Phi) is 4.59. The first-order valence-electron chi connectivity index (χ1n) is 10.1. The number of pyridine rings is 1. The highest BCUT2D eigenvalue weighted by Gasteiger charge is 2.58. The van der Waals surface area contributed by atoms with Gasteiger partial charge < -0.3 is 14.2 Å². The van der Waals surface area contributed by atoms with Crippen LogP contribution in [-0.2, 0) is 10.2 Å². The molecule has 29 heavy (non-hydrogen) atoms. The Balaban J connectivity index is 1.43. The minimum atomic E-state index is -0.596. The van der Waals surface area contributed by atoms with Gasteiger partial charge in [-0.2, -0.15) is 4.98 Å². The summed E-state index contributed by atoms with van der Waals surface area (Å²) in [4.78, 5) is 25.5. The molecule has 0 aliphatic carbocycles. The largest absolute Gasteiger partial charge is 0.381 e. The number of aryl methyl sites for hydroxylation is 1. The van der Waals surface area contributed by atoms with Crippen LogP contribution >= 0.6 is 0 Å². The standard InChI is InChI=1S/C20H24FN5O3/c1-13-23-19(29-24-13)20-11-25(15-3-6-28-7-4-15)9-14(20)10-26(12-20)18(27)16-2-5-22-8-17(16)21/h2,5,8,14-15H,3-4,6-7,9-12H2,1H3/t14-,20-/m1/s1. The second-order valence-corrected chi connectivity index (χ2v) is 8.31. The number of carbonyl (C=O) groups is 1. The maximum Gasteiger partial charge on any atom is 0.256 e. The Morgan fingerprint density at radius 2 is 2.10 bits per heavy atom. The molecule has 2 atom stereocenters. The Morgan fingerprint density at radius 1 is 1.28 bits per heavy atom. The number of hydrogen-bond acceptors (Lipinski definition) is 7.